The van der Waals surface area contributed by atoms with Crippen molar-refractivity contribution in [1.82, 2.24) is 14.9 Å². The molecule has 2 aromatic rings. The van der Waals surface area contributed by atoms with Gasteiger partial charge in [-0.05, 0) is 61.7 Å². The summed E-state index contributed by atoms with van der Waals surface area (Å²) in [6.07, 6.45) is 1.77. The summed E-state index contributed by atoms with van der Waals surface area (Å²) in [6, 6.07) is 3.55. The van der Waals surface area contributed by atoms with Gasteiger partial charge >= 0.3 is 12.1 Å². The Bertz CT molecular complexity index is 953. The zero-order valence-corrected chi connectivity index (χ0v) is 19.1. The van der Waals surface area contributed by atoms with Crippen LogP contribution >= 0.6 is 27.5 Å². The molecule has 29 heavy (non-hydrogen) atoms. The monoisotopic (exact) mass is 483 g/mol. The van der Waals surface area contributed by atoms with E-state index in [1.54, 1.807) is 11.0 Å². The van der Waals surface area contributed by atoms with E-state index in [1.807, 2.05) is 26.8 Å². The minimum atomic E-state index is -0.984. The second kappa shape index (κ2) is 8.07. The highest BCUT2D eigenvalue weighted by molar-refractivity contribution is 9.10. The molecular weight excluding hydrogens is 462 g/mol. The van der Waals surface area contributed by atoms with Crippen LogP contribution in [0.1, 0.15) is 39.3 Å². The van der Waals surface area contributed by atoms with Crippen LogP contribution in [0.25, 0.3) is 10.9 Å². The normalized spacial score (nSPS) is 16.6. The number of amides is 1. The third-order valence-electron chi connectivity index (χ3n) is 4.98. The lowest BCUT2D eigenvalue weighted by Gasteiger charge is -2.39. The van der Waals surface area contributed by atoms with E-state index in [-0.39, 0.29) is 5.97 Å². The van der Waals surface area contributed by atoms with Crippen LogP contribution in [0.15, 0.2) is 22.9 Å². The molecule has 1 aliphatic rings. The number of hydrogen-bond donors (Lipinski definition) is 0. The molecule has 1 aromatic carbocycles. The van der Waals surface area contributed by atoms with Gasteiger partial charge in [0.05, 0.1) is 23.3 Å². The Balaban J connectivity index is 1.99. The number of benzene rings is 1. The highest BCUT2D eigenvalue weighted by Gasteiger charge is 2.47. The summed E-state index contributed by atoms with van der Waals surface area (Å²) >= 11 is 9.63. The van der Waals surface area contributed by atoms with E-state index in [9.17, 15) is 9.59 Å². The molecule has 1 fully saturated rings. The molecule has 9 heteroatoms. The zero-order chi connectivity index (χ0) is 21.4. The fourth-order valence-electron chi connectivity index (χ4n) is 3.56. The molecule has 1 saturated heterocycles. The fourth-order valence-corrected chi connectivity index (χ4v) is 4.06. The maximum atomic E-state index is 12.9. The van der Waals surface area contributed by atoms with Crippen LogP contribution in [0.2, 0.25) is 5.02 Å². The summed E-state index contributed by atoms with van der Waals surface area (Å²) in [5.41, 5.74) is -0.346. The van der Waals surface area contributed by atoms with Crippen LogP contribution in [0.4, 0.5) is 4.79 Å². The van der Waals surface area contributed by atoms with Gasteiger partial charge in [-0.2, -0.15) is 0 Å². The molecule has 1 amide bonds. The maximum Gasteiger partial charge on any atom is 0.410 e. The van der Waals surface area contributed by atoms with E-state index in [1.165, 1.54) is 13.4 Å². The second-order valence-electron chi connectivity index (χ2n) is 8.05. The van der Waals surface area contributed by atoms with Crippen molar-refractivity contribution in [1.29, 1.82) is 0 Å². The standard InChI is InChI=1S/C20H23BrClN3O4/c1-19(2,3)29-18(27)25-7-5-20(6-8-25,17(26)28-4)16-12-9-13(21)14(22)10-15(12)23-11-24-16/h9-11H,5-8H2,1-4H3. The molecule has 0 bridgehead atoms. The van der Waals surface area contributed by atoms with Gasteiger partial charge in [0, 0.05) is 22.9 Å². The Kier molecular flexibility index (Phi) is 6.06. The number of likely N-dealkylation sites (tertiary alicyclic amines) is 1. The number of piperidine rings is 1. The first-order valence-corrected chi connectivity index (χ1v) is 10.4. The minimum absolute atomic E-state index is 0.351. The predicted octanol–water partition coefficient (Wildman–Crippen LogP) is 4.49. The number of aromatic nitrogens is 2. The number of hydrogen-bond acceptors (Lipinski definition) is 6. The predicted molar refractivity (Wildman–Crippen MR) is 113 cm³/mol. The number of carbonyl (C=O) groups excluding carboxylic acids is 2. The first kappa shape index (κ1) is 21.8. The van der Waals surface area contributed by atoms with Crippen molar-refractivity contribution in [2.75, 3.05) is 20.2 Å². The summed E-state index contributed by atoms with van der Waals surface area (Å²) in [7, 11) is 1.36. The van der Waals surface area contributed by atoms with Crippen LogP contribution in [0.3, 0.4) is 0 Å². The quantitative estimate of drug-likeness (QED) is 0.584. The third kappa shape index (κ3) is 4.33. The number of halogens is 2. The van der Waals surface area contributed by atoms with Gasteiger partial charge in [0.1, 0.15) is 17.3 Å². The van der Waals surface area contributed by atoms with E-state index in [0.29, 0.717) is 46.6 Å². The molecule has 0 unspecified atom stereocenters. The molecule has 0 aliphatic carbocycles. The van der Waals surface area contributed by atoms with Crippen molar-refractivity contribution in [3.05, 3.63) is 33.6 Å². The summed E-state index contributed by atoms with van der Waals surface area (Å²) in [4.78, 5) is 35.7. The van der Waals surface area contributed by atoms with Gasteiger partial charge in [-0.15, -0.1) is 0 Å². The van der Waals surface area contributed by atoms with E-state index in [4.69, 9.17) is 21.1 Å². The number of rotatable bonds is 2. The first-order valence-electron chi connectivity index (χ1n) is 9.24. The zero-order valence-electron chi connectivity index (χ0n) is 16.8. The van der Waals surface area contributed by atoms with Gasteiger partial charge in [0.25, 0.3) is 0 Å². The van der Waals surface area contributed by atoms with Crippen LogP contribution in [-0.4, -0.2) is 52.7 Å². The highest BCUT2D eigenvalue weighted by Crippen LogP contribution is 2.40. The number of nitrogens with zero attached hydrogens (tertiary/aromatic N) is 3. The Labute approximate surface area is 182 Å². The molecule has 0 spiro atoms. The maximum absolute atomic E-state index is 12.9. The smallest absolute Gasteiger partial charge is 0.410 e. The molecule has 0 N–H and O–H groups in total. The minimum Gasteiger partial charge on any atom is -0.468 e. The van der Waals surface area contributed by atoms with Gasteiger partial charge in [0.2, 0.25) is 0 Å². The van der Waals surface area contributed by atoms with E-state index in [2.05, 4.69) is 25.9 Å². The number of fused-ring (bicyclic) bond motifs is 1. The fraction of sp³-hybridized carbons (Fsp3) is 0.500. The lowest BCUT2D eigenvalue weighted by Crippen LogP contribution is -2.51. The van der Waals surface area contributed by atoms with Crippen molar-refractivity contribution in [2.24, 2.45) is 0 Å². The highest BCUT2D eigenvalue weighted by atomic mass is 79.9. The first-order chi connectivity index (χ1) is 13.6. The number of ether oxygens (including phenoxy) is 2. The number of esters is 1. The molecule has 0 saturated carbocycles. The van der Waals surface area contributed by atoms with E-state index >= 15 is 0 Å². The molecule has 7 nitrogen and oxygen atoms in total. The second-order valence-corrected chi connectivity index (χ2v) is 9.31. The van der Waals surface area contributed by atoms with Crippen molar-refractivity contribution < 1.29 is 19.1 Å². The van der Waals surface area contributed by atoms with Gasteiger partial charge in [-0.25, -0.2) is 14.8 Å². The van der Waals surface area contributed by atoms with Crippen molar-refractivity contribution >= 4 is 50.5 Å². The Morgan fingerprint density at radius 2 is 1.86 bits per heavy atom. The van der Waals surface area contributed by atoms with Crippen molar-refractivity contribution in [3.63, 3.8) is 0 Å². The molecule has 1 aliphatic heterocycles. The van der Waals surface area contributed by atoms with Crippen LogP contribution < -0.4 is 0 Å². The van der Waals surface area contributed by atoms with E-state index < -0.39 is 17.1 Å². The lowest BCUT2D eigenvalue weighted by molar-refractivity contribution is -0.149. The van der Waals surface area contributed by atoms with Crippen LogP contribution in [-0.2, 0) is 19.7 Å². The Morgan fingerprint density at radius 1 is 1.21 bits per heavy atom. The third-order valence-corrected chi connectivity index (χ3v) is 6.17. The molecule has 0 atom stereocenters. The molecule has 2 heterocycles. The average Bonchev–Trinajstić information content (AvgIpc) is 2.66. The van der Waals surface area contributed by atoms with Crippen molar-refractivity contribution in [2.45, 2.75) is 44.6 Å². The Hall–Kier alpha value is -1.93. The molecule has 0 radical (unpaired) electrons. The molecule has 3 rings (SSSR count). The van der Waals surface area contributed by atoms with E-state index in [0.717, 1.165) is 5.39 Å². The average molecular weight is 485 g/mol. The molecule has 1 aromatic heterocycles. The molecular formula is C20H23BrClN3O4. The van der Waals surface area contributed by atoms with Crippen LogP contribution in [0.5, 0.6) is 0 Å². The summed E-state index contributed by atoms with van der Waals surface area (Å²) in [5, 5.41) is 1.24. The van der Waals surface area contributed by atoms with Gasteiger partial charge in [0.15, 0.2) is 0 Å². The summed E-state index contributed by atoms with van der Waals surface area (Å²) < 4.78 is 11.3. The summed E-state index contributed by atoms with van der Waals surface area (Å²) in [6.45, 7) is 6.17. The van der Waals surface area contributed by atoms with Crippen LogP contribution in [0, 0.1) is 0 Å². The summed E-state index contributed by atoms with van der Waals surface area (Å²) in [5.74, 6) is -0.382. The Morgan fingerprint density at radius 3 is 2.45 bits per heavy atom. The number of methoxy groups -OCH3 is 1. The van der Waals surface area contributed by atoms with Gasteiger partial charge < -0.3 is 14.4 Å². The van der Waals surface area contributed by atoms with Gasteiger partial charge in [-0.3, -0.25) is 4.79 Å². The lowest BCUT2D eigenvalue weighted by atomic mass is 9.74. The SMILES string of the molecule is COC(=O)C1(c2ncnc3cc(Cl)c(Br)cc23)CCN(C(=O)OC(C)(C)C)CC1. The topological polar surface area (TPSA) is 81.6 Å². The largest absolute Gasteiger partial charge is 0.468 e. The number of carbonyl (C=O) groups is 2. The molecule has 156 valence electrons. The van der Waals surface area contributed by atoms with Crippen molar-refractivity contribution in [3.8, 4) is 0 Å². The van der Waals surface area contributed by atoms with Gasteiger partial charge in [-0.1, -0.05) is 11.6 Å².